The Balaban J connectivity index is 1.46. The van der Waals surface area contributed by atoms with E-state index in [2.05, 4.69) is 17.4 Å². The van der Waals surface area contributed by atoms with E-state index in [-0.39, 0.29) is 5.75 Å². The summed E-state index contributed by atoms with van der Waals surface area (Å²) < 4.78 is 29.0. The van der Waals surface area contributed by atoms with E-state index in [0.29, 0.717) is 0 Å². The van der Waals surface area contributed by atoms with Gasteiger partial charge in [-0.15, -0.1) is 6.58 Å². The maximum atomic E-state index is 12.3. The highest BCUT2D eigenvalue weighted by atomic mass is 19.3. The Hall–Kier alpha value is -1.64. The molecule has 0 aliphatic heterocycles. The van der Waals surface area contributed by atoms with E-state index in [9.17, 15) is 8.78 Å². The van der Waals surface area contributed by atoms with E-state index in [4.69, 9.17) is 0 Å². The number of halogens is 2. The van der Waals surface area contributed by atoms with Gasteiger partial charge >= 0.3 is 6.61 Å². The van der Waals surface area contributed by atoms with Crippen LogP contribution in [0.1, 0.15) is 69.8 Å². The van der Waals surface area contributed by atoms with Crippen molar-refractivity contribution in [2.45, 2.75) is 70.8 Å². The Kier molecular flexibility index (Phi) is 7.49. The summed E-state index contributed by atoms with van der Waals surface area (Å²) in [6, 6.07) is 7.08. The van der Waals surface area contributed by atoms with E-state index in [1.165, 1.54) is 50.5 Å². The molecular formula is C24H32F2O. The van der Waals surface area contributed by atoms with Gasteiger partial charge in [0, 0.05) is 0 Å². The number of alkyl halides is 2. The largest absolute Gasteiger partial charge is 0.435 e. The molecule has 1 fully saturated rings. The van der Waals surface area contributed by atoms with Crippen molar-refractivity contribution >= 4 is 5.57 Å². The third-order valence-electron chi connectivity index (χ3n) is 6.48. The molecule has 2 aliphatic rings. The summed E-state index contributed by atoms with van der Waals surface area (Å²) in [6.45, 7) is 1.06. The van der Waals surface area contributed by atoms with Gasteiger partial charge in [0.15, 0.2) is 0 Å². The number of ether oxygens (including phenoxy) is 1. The van der Waals surface area contributed by atoms with Crippen LogP contribution in [0.5, 0.6) is 5.75 Å². The Labute approximate surface area is 162 Å². The maximum Gasteiger partial charge on any atom is 0.387 e. The quantitative estimate of drug-likeness (QED) is 0.336. The lowest BCUT2D eigenvalue weighted by Crippen LogP contribution is -2.23. The van der Waals surface area contributed by atoms with Crippen LogP contribution in [0.2, 0.25) is 0 Å². The molecule has 0 spiro atoms. The van der Waals surface area contributed by atoms with Crippen molar-refractivity contribution in [3.05, 3.63) is 48.6 Å². The van der Waals surface area contributed by atoms with Gasteiger partial charge in [-0.25, -0.2) is 0 Å². The first-order valence-electron chi connectivity index (χ1n) is 10.5. The van der Waals surface area contributed by atoms with E-state index in [1.54, 1.807) is 12.1 Å². The molecule has 27 heavy (non-hydrogen) atoms. The molecule has 1 nitrogen and oxygen atoms in total. The minimum absolute atomic E-state index is 0.230. The molecule has 1 atom stereocenters. The van der Waals surface area contributed by atoms with E-state index < -0.39 is 6.61 Å². The van der Waals surface area contributed by atoms with Crippen molar-refractivity contribution in [2.24, 2.45) is 17.8 Å². The molecule has 148 valence electrons. The van der Waals surface area contributed by atoms with Gasteiger partial charge in [-0.2, -0.15) is 8.78 Å². The molecule has 0 N–H and O–H groups in total. The first-order chi connectivity index (χ1) is 13.2. The van der Waals surface area contributed by atoms with Crippen LogP contribution in [-0.2, 0) is 0 Å². The van der Waals surface area contributed by atoms with Gasteiger partial charge < -0.3 is 4.74 Å². The lowest BCUT2D eigenvalue weighted by Gasteiger charge is -2.35. The molecule has 1 aromatic carbocycles. The molecule has 3 rings (SSSR count). The normalized spacial score (nSPS) is 25.9. The minimum Gasteiger partial charge on any atom is -0.435 e. The zero-order valence-corrected chi connectivity index (χ0v) is 16.2. The van der Waals surface area contributed by atoms with Gasteiger partial charge in [0.2, 0.25) is 0 Å². The van der Waals surface area contributed by atoms with Crippen LogP contribution >= 0.6 is 0 Å². The molecular weight excluding hydrogens is 342 g/mol. The Morgan fingerprint density at radius 2 is 1.78 bits per heavy atom. The van der Waals surface area contributed by atoms with Crippen LogP contribution in [0.4, 0.5) is 8.78 Å². The van der Waals surface area contributed by atoms with Gasteiger partial charge in [0.05, 0.1) is 0 Å². The predicted octanol–water partition coefficient (Wildman–Crippen LogP) is 7.63. The number of hydrogen-bond acceptors (Lipinski definition) is 1. The molecule has 3 heteroatoms. The molecule has 2 aliphatic carbocycles. The van der Waals surface area contributed by atoms with Gasteiger partial charge in [-0.1, -0.05) is 43.5 Å². The highest BCUT2D eigenvalue weighted by Gasteiger charge is 2.28. The zero-order valence-electron chi connectivity index (χ0n) is 16.2. The lowest BCUT2D eigenvalue weighted by atomic mass is 9.70. The number of unbranched alkanes of at least 4 members (excludes halogenated alkanes) is 1. The first-order valence-corrected chi connectivity index (χ1v) is 10.5. The first kappa shape index (κ1) is 20.1. The molecule has 0 saturated heterocycles. The summed E-state index contributed by atoms with van der Waals surface area (Å²) >= 11 is 0. The van der Waals surface area contributed by atoms with Crippen LogP contribution in [0, 0.1) is 17.8 Å². The van der Waals surface area contributed by atoms with Crippen LogP contribution < -0.4 is 4.74 Å². The molecule has 0 heterocycles. The van der Waals surface area contributed by atoms with Crippen LogP contribution in [-0.4, -0.2) is 6.61 Å². The topological polar surface area (TPSA) is 9.23 Å². The fourth-order valence-corrected chi connectivity index (χ4v) is 4.89. The van der Waals surface area contributed by atoms with Gasteiger partial charge in [0.25, 0.3) is 0 Å². The molecule has 0 aromatic heterocycles. The van der Waals surface area contributed by atoms with E-state index in [0.717, 1.165) is 42.6 Å². The Morgan fingerprint density at radius 3 is 2.37 bits per heavy atom. The summed E-state index contributed by atoms with van der Waals surface area (Å²) in [7, 11) is 0. The van der Waals surface area contributed by atoms with Crippen molar-refractivity contribution < 1.29 is 13.5 Å². The Bertz CT molecular complexity index is 612. The maximum absolute atomic E-state index is 12.3. The highest BCUT2D eigenvalue weighted by Crippen LogP contribution is 2.42. The summed E-state index contributed by atoms with van der Waals surface area (Å²) in [4.78, 5) is 0. The van der Waals surface area contributed by atoms with Crippen LogP contribution in [0.15, 0.2) is 43.0 Å². The predicted molar refractivity (Wildman–Crippen MR) is 108 cm³/mol. The van der Waals surface area contributed by atoms with E-state index in [1.807, 2.05) is 18.2 Å². The highest BCUT2D eigenvalue weighted by molar-refractivity contribution is 5.66. The zero-order chi connectivity index (χ0) is 19.1. The third-order valence-corrected chi connectivity index (χ3v) is 6.48. The summed E-state index contributed by atoms with van der Waals surface area (Å²) in [5.41, 5.74) is 2.49. The van der Waals surface area contributed by atoms with Gasteiger partial charge in [-0.05, 0) is 86.0 Å². The summed E-state index contributed by atoms with van der Waals surface area (Å²) in [5, 5.41) is 0. The summed E-state index contributed by atoms with van der Waals surface area (Å²) in [5.74, 6) is 2.88. The Morgan fingerprint density at radius 1 is 1.04 bits per heavy atom. The fourth-order valence-electron chi connectivity index (χ4n) is 4.89. The monoisotopic (exact) mass is 374 g/mol. The number of hydrogen-bond donors (Lipinski definition) is 0. The number of allylic oxidation sites excluding steroid dienone is 3. The fraction of sp³-hybridized carbons (Fsp3) is 0.583. The molecule has 1 saturated carbocycles. The van der Waals surface area contributed by atoms with Crippen LogP contribution in [0.3, 0.4) is 0 Å². The molecule has 0 radical (unpaired) electrons. The second kappa shape index (κ2) is 10.1. The third kappa shape index (κ3) is 5.92. The standard InChI is InChI=1S/C24H32F2O/c1-2-3-4-5-18-6-8-19(9-7-18)20-10-12-21(13-11-20)22-14-16-23(17-15-22)27-24(25)26/h2,12,14-20,24H,1,3-11,13H2. The average molecular weight is 375 g/mol. The number of benzene rings is 1. The van der Waals surface area contributed by atoms with Crippen molar-refractivity contribution in [3.8, 4) is 5.75 Å². The molecule has 0 amide bonds. The van der Waals surface area contributed by atoms with Gasteiger partial charge in [0.1, 0.15) is 5.75 Å². The van der Waals surface area contributed by atoms with Crippen LogP contribution in [0.25, 0.3) is 5.57 Å². The minimum atomic E-state index is -2.76. The van der Waals surface area contributed by atoms with Crippen molar-refractivity contribution in [2.75, 3.05) is 0 Å². The average Bonchev–Trinajstić information content (AvgIpc) is 2.69. The molecule has 1 unspecified atom stereocenters. The van der Waals surface area contributed by atoms with Crippen molar-refractivity contribution in [1.82, 2.24) is 0 Å². The molecule has 0 bridgehead atoms. The van der Waals surface area contributed by atoms with Gasteiger partial charge in [-0.3, -0.25) is 0 Å². The second-order valence-electron chi connectivity index (χ2n) is 8.17. The smallest absolute Gasteiger partial charge is 0.387 e. The summed E-state index contributed by atoms with van der Waals surface area (Å²) in [6.07, 6.45) is 17.4. The van der Waals surface area contributed by atoms with E-state index >= 15 is 0 Å². The lowest BCUT2D eigenvalue weighted by molar-refractivity contribution is -0.0498. The van der Waals surface area contributed by atoms with Crippen molar-refractivity contribution in [3.63, 3.8) is 0 Å². The van der Waals surface area contributed by atoms with Crippen molar-refractivity contribution in [1.29, 1.82) is 0 Å². The number of rotatable bonds is 8. The molecule has 1 aromatic rings. The SMILES string of the molecule is C=CCCCC1CCC(C2CC=C(c3ccc(OC(F)F)cc3)CC2)CC1. The second-order valence-corrected chi connectivity index (χ2v) is 8.17.